The molecule has 5 rings (SSSR count). The molecule has 4 aromatic rings. The molecule has 4 aromatic carbocycles. The molecule has 1 atom stereocenters. The summed E-state index contributed by atoms with van der Waals surface area (Å²) in [7, 11) is 4.14. The van der Waals surface area contributed by atoms with Crippen LogP contribution >= 0.6 is 0 Å². The summed E-state index contributed by atoms with van der Waals surface area (Å²) in [6.45, 7) is 13.7. The van der Waals surface area contributed by atoms with Crippen LogP contribution in [0, 0.1) is 0 Å². The Kier molecular flexibility index (Phi) is 11.5. The zero-order valence-electron chi connectivity index (χ0n) is 25.1. The highest BCUT2D eigenvalue weighted by Crippen LogP contribution is 2.29. The highest BCUT2D eigenvalue weighted by atomic mass is 15.3. The van der Waals surface area contributed by atoms with Gasteiger partial charge in [0.2, 0.25) is 0 Å². The number of likely N-dealkylation sites (N-methyl/N-ethyl adjacent to an activating group) is 1. The van der Waals surface area contributed by atoms with Crippen molar-refractivity contribution < 1.29 is 0 Å². The standard InChI is InChI=1S/C29H34N4.C8H11N/c1-4-27(33-18-16-32(3)17-19-33)20-23-10-12-24(13-11-23)22(2)31-29-21-26(14-15-28(29)30)25-8-6-5-7-9-25;1-9-7-8-5-3-2-4-6-8/h4-15,21,27,31H,1-2,16-20,30H2,3H3;2-6,9H,7H2,1H3. The van der Waals surface area contributed by atoms with Crippen LogP contribution in [0.3, 0.4) is 0 Å². The molecule has 0 saturated carbocycles. The monoisotopic (exact) mass is 559 g/mol. The van der Waals surface area contributed by atoms with Gasteiger partial charge in [0.1, 0.15) is 0 Å². The summed E-state index contributed by atoms with van der Waals surface area (Å²) in [5, 5.41) is 6.50. The smallest absolute Gasteiger partial charge is 0.0624 e. The molecule has 0 aromatic heterocycles. The molecule has 0 radical (unpaired) electrons. The number of nitrogens with two attached hydrogens (primary N) is 1. The van der Waals surface area contributed by atoms with Gasteiger partial charge in [-0.1, -0.05) is 104 Å². The molecule has 0 aliphatic carbocycles. The molecule has 1 saturated heterocycles. The van der Waals surface area contributed by atoms with E-state index in [1.165, 1.54) is 11.1 Å². The van der Waals surface area contributed by atoms with Crippen molar-refractivity contribution in [2.75, 3.05) is 51.3 Å². The first kappa shape index (κ1) is 30.8. The summed E-state index contributed by atoms with van der Waals surface area (Å²) in [5.41, 5.74) is 14.6. The van der Waals surface area contributed by atoms with Crippen LogP contribution in [0.1, 0.15) is 16.7 Å². The van der Waals surface area contributed by atoms with E-state index in [9.17, 15) is 0 Å². The zero-order chi connectivity index (χ0) is 29.7. The maximum Gasteiger partial charge on any atom is 0.0624 e. The quantitative estimate of drug-likeness (QED) is 0.148. The van der Waals surface area contributed by atoms with E-state index in [2.05, 4.69) is 101 Å². The predicted octanol–water partition coefficient (Wildman–Crippen LogP) is 6.77. The number of benzene rings is 4. The molecule has 218 valence electrons. The van der Waals surface area contributed by atoms with Crippen molar-refractivity contribution in [2.24, 2.45) is 0 Å². The summed E-state index contributed by atoms with van der Waals surface area (Å²) in [6, 6.07) is 35.7. The third kappa shape index (κ3) is 8.92. The lowest BCUT2D eigenvalue weighted by Gasteiger charge is -2.36. The van der Waals surface area contributed by atoms with E-state index in [0.717, 1.165) is 67.2 Å². The van der Waals surface area contributed by atoms with Crippen LogP contribution in [0.15, 0.2) is 122 Å². The molecule has 42 heavy (non-hydrogen) atoms. The Hall–Kier alpha value is -4.16. The predicted molar refractivity (Wildman–Crippen MR) is 181 cm³/mol. The van der Waals surface area contributed by atoms with Gasteiger partial charge < -0.3 is 21.3 Å². The Balaban J connectivity index is 0.000000385. The number of hydrogen-bond donors (Lipinski definition) is 3. The molecule has 0 bridgehead atoms. The second-order valence-corrected chi connectivity index (χ2v) is 10.8. The molecule has 1 unspecified atom stereocenters. The Morgan fingerprint density at radius 1 is 0.833 bits per heavy atom. The number of hydrogen-bond acceptors (Lipinski definition) is 5. The average molecular weight is 560 g/mol. The molecule has 0 amide bonds. The number of rotatable bonds is 10. The molecule has 1 heterocycles. The van der Waals surface area contributed by atoms with Crippen molar-refractivity contribution in [1.82, 2.24) is 15.1 Å². The molecule has 5 heteroatoms. The van der Waals surface area contributed by atoms with Crippen molar-refractivity contribution in [2.45, 2.75) is 19.0 Å². The van der Waals surface area contributed by atoms with E-state index in [-0.39, 0.29) is 0 Å². The van der Waals surface area contributed by atoms with Crippen molar-refractivity contribution in [3.05, 3.63) is 139 Å². The summed E-state index contributed by atoms with van der Waals surface area (Å²) in [6.07, 6.45) is 3.06. The first-order chi connectivity index (χ1) is 20.5. The van der Waals surface area contributed by atoms with Crippen molar-refractivity contribution >= 4 is 17.1 Å². The van der Waals surface area contributed by atoms with Crippen LogP contribution in [0.2, 0.25) is 0 Å². The van der Waals surface area contributed by atoms with E-state index in [4.69, 9.17) is 5.73 Å². The number of piperazine rings is 1. The van der Waals surface area contributed by atoms with Crippen molar-refractivity contribution in [1.29, 1.82) is 0 Å². The third-order valence-corrected chi connectivity index (χ3v) is 7.70. The van der Waals surface area contributed by atoms with Gasteiger partial charge in [-0.25, -0.2) is 0 Å². The minimum atomic E-state index is 0.367. The second-order valence-electron chi connectivity index (χ2n) is 10.8. The van der Waals surface area contributed by atoms with Gasteiger partial charge in [-0.05, 0) is 60.5 Å². The highest BCUT2D eigenvalue weighted by molar-refractivity contribution is 5.84. The van der Waals surface area contributed by atoms with Gasteiger partial charge in [0.25, 0.3) is 0 Å². The molecule has 1 aliphatic heterocycles. The SMILES string of the molecule is C=CC(Cc1ccc(C(=C)Nc2cc(-c3ccccc3)ccc2N)cc1)N1CCN(C)CC1.CNCc1ccccc1. The fourth-order valence-corrected chi connectivity index (χ4v) is 5.11. The Bertz CT molecular complexity index is 1390. The number of anilines is 2. The van der Waals surface area contributed by atoms with Crippen LogP contribution in [0.25, 0.3) is 16.8 Å². The lowest BCUT2D eigenvalue weighted by molar-refractivity contribution is 0.130. The third-order valence-electron chi connectivity index (χ3n) is 7.70. The van der Waals surface area contributed by atoms with Gasteiger partial charge in [-0.2, -0.15) is 0 Å². The maximum atomic E-state index is 6.25. The van der Waals surface area contributed by atoms with Crippen molar-refractivity contribution in [3.63, 3.8) is 0 Å². The molecular weight excluding hydrogens is 514 g/mol. The molecule has 0 spiro atoms. The van der Waals surface area contributed by atoms with Crippen molar-refractivity contribution in [3.8, 4) is 11.1 Å². The van der Waals surface area contributed by atoms with Gasteiger partial charge in [-0.3, -0.25) is 4.90 Å². The van der Waals surface area contributed by atoms with E-state index in [1.54, 1.807) is 0 Å². The van der Waals surface area contributed by atoms with Crippen LogP contribution < -0.4 is 16.4 Å². The lowest BCUT2D eigenvalue weighted by Crippen LogP contribution is -2.49. The average Bonchev–Trinajstić information content (AvgIpc) is 3.03. The summed E-state index contributed by atoms with van der Waals surface area (Å²) >= 11 is 0. The van der Waals surface area contributed by atoms with E-state index < -0.39 is 0 Å². The first-order valence-corrected chi connectivity index (χ1v) is 14.7. The minimum Gasteiger partial charge on any atom is -0.397 e. The fourth-order valence-electron chi connectivity index (χ4n) is 5.11. The van der Waals surface area contributed by atoms with Gasteiger partial charge in [0.15, 0.2) is 0 Å². The summed E-state index contributed by atoms with van der Waals surface area (Å²) < 4.78 is 0. The van der Waals surface area contributed by atoms with Crippen LogP contribution in [0.5, 0.6) is 0 Å². The van der Waals surface area contributed by atoms with Crippen LogP contribution in [-0.2, 0) is 13.0 Å². The van der Waals surface area contributed by atoms with Crippen LogP contribution in [-0.4, -0.2) is 56.1 Å². The van der Waals surface area contributed by atoms with Gasteiger partial charge in [0, 0.05) is 44.5 Å². The molecule has 1 aliphatic rings. The minimum absolute atomic E-state index is 0.367. The number of nitrogens with zero attached hydrogens (tertiary/aromatic N) is 2. The van der Waals surface area contributed by atoms with Gasteiger partial charge in [-0.15, -0.1) is 6.58 Å². The van der Waals surface area contributed by atoms with Crippen LogP contribution in [0.4, 0.5) is 11.4 Å². The summed E-state index contributed by atoms with van der Waals surface area (Å²) in [5.74, 6) is 0. The largest absolute Gasteiger partial charge is 0.397 e. The molecule has 4 N–H and O–H groups in total. The molecule has 5 nitrogen and oxygen atoms in total. The van der Waals surface area contributed by atoms with E-state index >= 15 is 0 Å². The Labute approximate surface area is 252 Å². The molecular formula is C37H45N5. The Morgan fingerprint density at radius 2 is 1.48 bits per heavy atom. The first-order valence-electron chi connectivity index (χ1n) is 14.7. The van der Waals surface area contributed by atoms with Gasteiger partial charge in [0.05, 0.1) is 11.4 Å². The Morgan fingerprint density at radius 3 is 2.10 bits per heavy atom. The zero-order valence-corrected chi connectivity index (χ0v) is 25.1. The number of nitrogens with one attached hydrogen (secondary N) is 2. The number of nitrogen functional groups attached to an aromatic ring is 1. The summed E-state index contributed by atoms with van der Waals surface area (Å²) in [4.78, 5) is 4.91. The maximum absolute atomic E-state index is 6.25. The van der Waals surface area contributed by atoms with Gasteiger partial charge >= 0.3 is 0 Å². The lowest BCUT2D eigenvalue weighted by atomic mass is 10.0. The second kappa shape index (κ2) is 15.7. The highest BCUT2D eigenvalue weighted by Gasteiger charge is 2.20. The van der Waals surface area contributed by atoms with E-state index in [0.29, 0.717) is 11.7 Å². The molecule has 1 fully saturated rings. The topological polar surface area (TPSA) is 56.6 Å². The fraction of sp³-hybridized carbons (Fsp3) is 0.243. The normalized spacial score (nSPS) is 14.3. The van der Waals surface area contributed by atoms with E-state index in [1.807, 2.05) is 55.6 Å².